The molecule has 0 saturated carbocycles. The van der Waals surface area contributed by atoms with Crippen LogP contribution < -0.4 is 14.4 Å². The molecule has 0 aliphatic heterocycles. The number of carbonyl (C=O) groups excluding carboxylic acids is 1. The number of anilines is 1. The van der Waals surface area contributed by atoms with Crippen molar-refractivity contribution < 1.29 is 17.9 Å². The summed E-state index contributed by atoms with van der Waals surface area (Å²) in [6, 6.07) is 21.9. The van der Waals surface area contributed by atoms with Gasteiger partial charge in [0.25, 0.3) is 15.9 Å². The van der Waals surface area contributed by atoms with Crippen LogP contribution in [0.25, 0.3) is 0 Å². The summed E-state index contributed by atoms with van der Waals surface area (Å²) in [6.45, 7) is 1.87. The van der Waals surface area contributed by atoms with Gasteiger partial charge in [-0.1, -0.05) is 42.5 Å². The van der Waals surface area contributed by atoms with Crippen LogP contribution in [0.3, 0.4) is 0 Å². The van der Waals surface area contributed by atoms with Crippen LogP contribution in [0.4, 0.5) is 5.69 Å². The second-order valence-electron chi connectivity index (χ2n) is 6.77. The molecule has 1 N–H and O–H groups in total. The van der Waals surface area contributed by atoms with Crippen LogP contribution in [-0.2, 0) is 10.0 Å². The van der Waals surface area contributed by atoms with Crippen LogP contribution in [0.5, 0.6) is 5.75 Å². The molecule has 0 aromatic heterocycles. The summed E-state index contributed by atoms with van der Waals surface area (Å²) in [6.07, 6.45) is 0. The fourth-order valence-electron chi connectivity index (χ4n) is 3.11. The highest BCUT2D eigenvalue weighted by Gasteiger charge is 2.22. The number of nitrogens with one attached hydrogen (secondary N) is 1. The quantitative estimate of drug-likeness (QED) is 0.622. The molecular formula is C23H24N2O4S. The summed E-state index contributed by atoms with van der Waals surface area (Å²) in [5.74, 6) is 0.383. The van der Waals surface area contributed by atoms with E-state index in [1.165, 1.54) is 23.5 Å². The van der Waals surface area contributed by atoms with E-state index in [2.05, 4.69) is 5.32 Å². The maximum absolute atomic E-state index is 12.9. The smallest absolute Gasteiger partial charge is 0.264 e. The fourth-order valence-corrected chi connectivity index (χ4v) is 4.32. The molecule has 3 aromatic carbocycles. The number of amides is 1. The molecule has 6 nitrogen and oxygen atoms in total. The van der Waals surface area contributed by atoms with Gasteiger partial charge < -0.3 is 10.1 Å². The highest BCUT2D eigenvalue weighted by Crippen LogP contribution is 2.26. The van der Waals surface area contributed by atoms with Gasteiger partial charge in [-0.15, -0.1) is 0 Å². The topological polar surface area (TPSA) is 75.7 Å². The summed E-state index contributed by atoms with van der Waals surface area (Å²) >= 11 is 0. The maximum atomic E-state index is 12.9. The standard InChI is InChI=1S/C23H24N2O4S/c1-17(21-14-7-8-15-22(21)29-3)24-23(26)18-10-9-11-19(16-18)25(2)30(27,28)20-12-5-4-6-13-20/h4-17H,1-3H3,(H,24,26)/t17-/m1/s1. The van der Waals surface area contributed by atoms with Crippen LogP contribution in [0.2, 0.25) is 0 Å². The molecule has 0 aliphatic carbocycles. The molecule has 156 valence electrons. The summed E-state index contributed by atoms with van der Waals surface area (Å²) in [5, 5.41) is 2.94. The third-order valence-electron chi connectivity index (χ3n) is 4.83. The molecule has 0 unspecified atom stereocenters. The SMILES string of the molecule is COc1ccccc1[C@@H](C)NC(=O)c1cccc(N(C)S(=O)(=O)c2ccccc2)c1. The van der Waals surface area contributed by atoms with Crippen LogP contribution in [0.1, 0.15) is 28.9 Å². The Kier molecular flexibility index (Phi) is 6.42. The molecular weight excluding hydrogens is 400 g/mol. The number of hydrogen-bond acceptors (Lipinski definition) is 4. The molecule has 7 heteroatoms. The number of nitrogens with zero attached hydrogens (tertiary/aromatic N) is 1. The first-order valence-corrected chi connectivity index (χ1v) is 10.9. The number of rotatable bonds is 7. The van der Waals surface area contributed by atoms with Crippen molar-refractivity contribution >= 4 is 21.6 Å². The first kappa shape index (κ1) is 21.4. The molecule has 0 radical (unpaired) electrons. The third kappa shape index (κ3) is 4.46. The number of sulfonamides is 1. The average molecular weight is 425 g/mol. The van der Waals surface area contributed by atoms with Crippen LogP contribution >= 0.6 is 0 Å². The fraction of sp³-hybridized carbons (Fsp3) is 0.174. The van der Waals surface area contributed by atoms with Crippen LogP contribution in [0.15, 0.2) is 83.8 Å². The normalized spacial score (nSPS) is 12.1. The van der Waals surface area contributed by atoms with Gasteiger partial charge in [0.1, 0.15) is 5.75 Å². The zero-order chi connectivity index (χ0) is 21.7. The summed E-state index contributed by atoms with van der Waals surface area (Å²) < 4.78 is 32.2. The third-order valence-corrected chi connectivity index (χ3v) is 6.63. The Bertz CT molecular complexity index is 1130. The Balaban J connectivity index is 1.82. The van der Waals surface area contributed by atoms with E-state index in [9.17, 15) is 13.2 Å². The lowest BCUT2D eigenvalue weighted by Crippen LogP contribution is -2.28. The number of para-hydroxylation sites is 1. The van der Waals surface area contributed by atoms with Gasteiger partial charge in [-0.05, 0) is 43.3 Å². The van der Waals surface area contributed by atoms with Crippen molar-refractivity contribution in [2.45, 2.75) is 17.9 Å². The van der Waals surface area contributed by atoms with Gasteiger partial charge in [0.05, 0.1) is 23.7 Å². The molecule has 3 aromatic rings. The van der Waals surface area contributed by atoms with E-state index in [4.69, 9.17) is 4.74 Å². The van der Waals surface area contributed by atoms with E-state index in [0.29, 0.717) is 17.0 Å². The summed E-state index contributed by atoms with van der Waals surface area (Å²) in [7, 11) is -0.672. The molecule has 0 saturated heterocycles. The van der Waals surface area contributed by atoms with Gasteiger partial charge in [-0.25, -0.2) is 8.42 Å². The number of benzene rings is 3. The zero-order valence-electron chi connectivity index (χ0n) is 17.1. The molecule has 1 atom stereocenters. The van der Waals surface area contributed by atoms with Crippen molar-refractivity contribution in [1.29, 1.82) is 0 Å². The Labute approximate surface area is 177 Å². The van der Waals surface area contributed by atoms with E-state index in [-0.39, 0.29) is 16.8 Å². The molecule has 3 rings (SSSR count). The van der Waals surface area contributed by atoms with Gasteiger partial charge in [-0.3, -0.25) is 9.10 Å². The highest BCUT2D eigenvalue weighted by atomic mass is 32.2. The average Bonchev–Trinajstić information content (AvgIpc) is 2.79. The van der Waals surface area contributed by atoms with Crippen molar-refractivity contribution in [3.63, 3.8) is 0 Å². The van der Waals surface area contributed by atoms with Gasteiger partial charge in [-0.2, -0.15) is 0 Å². The van der Waals surface area contributed by atoms with E-state index >= 15 is 0 Å². The second-order valence-corrected chi connectivity index (χ2v) is 8.74. The minimum atomic E-state index is -3.72. The number of methoxy groups -OCH3 is 1. The second kappa shape index (κ2) is 9.00. The zero-order valence-corrected chi connectivity index (χ0v) is 17.9. The molecule has 0 spiro atoms. The van der Waals surface area contributed by atoms with E-state index in [1.807, 2.05) is 31.2 Å². The number of carbonyl (C=O) groups is 1. The molecule has 30 heavy (non-hydrogen) atoms. The Morgan fingerprint density at radius 2 is 1.63 bits per heavy atom. The Morgan fingerprint density at radius 1 is 0.967 bits per heavy atom. The van der Waals surface area contributed by atoms with Crippen molar-refractivity contribution in [3.05, 3.63) is 90.0 Å². The van der Waals surface area contributed by atoms with Crippen molar-refractivity contribution in [2.75, 3.05) is 18.5 Å². The van der Waals surface area contributed by atoms with E-state index < -0.39 is 10.0 Å². The highest BCUT2D eigenvalue weighted by molar-refractivity contribution is 7.92. The largest absolute Gasteiger partial charge is 0.496 e. The first-order chi connectivity index (χ1) is 14.3. The molecule has 1 amide bonds. The van der Waals surface area contributed by atoms with Crippen molar-refractivity contribution in [3.8, 4) is 5.75 Å². The lowest BCUT2D eigenvalue weighted by atomic mass is 10.1. The van der Waals surface area contributed by atoms with Gasteiger partial charge in [0, 0.05) is 18.2 Å². The van der Waals surface area contributed by atoms with Gasteiger partial charge >= 0.3 is 0 Å². The van der Waals surface area contributed by atoms with Crippen LogP contribution in [-0.4, -0.2) is 28.5 Å². The number of hydrogen-bond donors (Lipinski definition) is 1. The lowest BCUT2D eigenvalue weighted by molar-refractivity contribution is 0.0939. The summed E-state index contributed by atoms with van der Waals surface area (Å²) in [5.41, 5.74) is 1.62. The van der Waals surface area contributed by atoms with Crippen molar-refractivity contribution in [2.24, 2.45) is 0 Å². The Hall–Kier alpha value is -3.32. The monoisotopic (exact) mass is 424 g/mol. The van der Waals surface area contributed by atoms with Gasteiger partial charge in [0.15, 0.2) is 0 Å². The predicted octanol–water partition coefficient (Wildman–Crippen LogP) is 4.01. The minimum Gasteiger partial charge on any atom is -0.496 e. The van der Waals surface area contributed by atoms with Crippen LogP contribution in [0, 0.1) is 0 Å². The molecule has 0 heterocycles. The van der Waals surface area contributed by atoms with E-state index in [0.717, 1.165) is 5.56 Å². The number of ether oxygens (including phenoxy) is 1. The molecule has 0 bridgehead atoms. The van der Waals surface area contributed by atoms with E-state index in [1.54, 1.807) is 49.6 Å². The Morgan fingerprint density at radius 3 is 2.33 bits per heavy atom. The lowest BCUT2D eigenvalue weighted by Gasteiger charge is -2.21. The molecule has 0 fully saturated rings. The summed E-state index contributed by atoms with van der Waals surface area (Å²) in [4.78, 5) is 13.0. The predicted molar refractivity (Wildman–Crippen MR) is 117 cm³/mol. The maximum Gasteiger partial charge on any atom is 0.264 e. The van der Waals surface area contributed by atoms with Crippen molar-refractivity contribution in [1.82, 2.24) is 5.32 Å². The first-order valence-electron chi connectivity index (χ1n) is 9.42. The minimum absolute atomic E-state index is 0.187. The van der Waals surface area contributed by atoms with Gasteiger partial charge in [0.2, 0.25) is 0 Å². The molecule has 0 aliphatic rings.